The quantitative estimate of drug-likeness (QED) is 0.544. The fourth-order valence-electron chi connectivity index (χ4n) is 3.01. The molecule has 3 aromatic rings. The topological polar surface area (TPSA) is 109 Å². The number of terminal acetylenes is 1. The van der Waals surface area contributed by atoms with Crippen molar-refractivity contribution in [1.82, 2.24) is 14.1 Å². The second-order valence-electron chi connectivity index (χ2n) is 6.57. The summed E-state index contributed by atoms with van der Waals surface area (Å²) < 4.78 is 16.8. The van der Waals surface area contributed by atoms with Crippen molar-refractivity contribution in [2.24, 2.45) is 7.05 Å². The van der Waals surface area contributed by atoms with Gasteiger partial charge in [-0.25, -0.2) is 9.37 Å². The van der Waals surface area contributed by atoms with Gasteiger partial charge in [0.05, 0.1) is 37.0 Å². The second kappa shape index (κ2) is 7.87. The van der Waals surface area contributed by atoms with Crippen LogP contribution in [-0.4, -0.2) is 37.0 Å². The molecule has 0 saturated heterocycles. The third-order valence-electron chi connectivity index (χ3n) is 4.60. The lowest BCUT2D eigenvalue weighted by molar-refractivity contribution is 0.0802. The first-order valence-electron chi connectivity index (χ1n) is 8.69. The Balaban J connectivity index is 2.27. The number of nitrogens with zero attached hydrogens (tertiary/aromatic N) is 3. The van der Waals surface area contributed by atoms with Crippen molar-refractivity contribution in [2.75, 3.05) is 11.9 Å². The van der Waals surface area contributed by atoms with Gasteiger partial charge in [-0.2, -0.15) is 0 Å². The number of aliphatic hydroxyl groups excluding tert-OH is 2. The molecule has 2 heterocycles. The van der Waals surface area contributed by atoms with Gasteiger partial charge in [-0.15, -0.1) is 6.42 Å². The maximum Gasteiger partial charge on any atom is 0.264 e. The minimum absolute atomic E-state index is 0.0341. The number of aromatic nitrogens is 3. The minimum atomic E-state index is -1.16. The SMILES string of the molecule is C#Cc1ccc(Nc2c(C)c(=O)n(C)c3ncn(C[C@H](O)CO)c(=O)c23)c(F)c1. The summed E-state index contributed by atoms with van der Waals surface area (Å²) in [6.45, 7) is 0.788. The molecule has 0 unspecified atom stereocenters. The summed E-state index contributed by atoms with van der Waals surface area (Å²) in [5, 5.41) is 21.6. The maximum atomic E-state index is 14.4. The number of rotatable bonds is 5. The molecule has 3 rings (SSSR count). The molecule has 1 atom stereocenters. The highest BCUT2D eigenvalue weighted by Gasteiger charge is 2.19. The average Bonchev–Trinajstić information content (AvgIpc) is 2.72. The highest BCUT2D eigenvalue weighted by Crippen LogP contribution is 2.26. The van der Waals surface area contributed by atoms with Crippen molar-refractivity contribution in [3.8, 4) is 12.3 Å². The second-order valence-corrected chi connectivity index (χ2v) is 6.57. The van der Waals surface area contributed by atoms with Crippen molar-refractivity contribution in [3.05, 3.63) is 62.2 Å². The number of hydrogen-bond donors (Lipinski definition) is 3. The fraction of sp³-hybridized carbons (Fsp3) is 0.250. The average molecular weight is 398 g/mol. The molecule has 0 fully saturated rings. The van der Waals surface area contributed by atoms with Gasteiger partial charge in [0.15, 0.2) is 5.65 Å². The molecule has 0 aliphatic carbocycles. The van der Waals surface area contributed by atoms with Crippen LogP contribution in [0.15, 0.2) is 34.1 Å². The zero-order valence-corrected chi connectivity index (χ0v) is 15.8. The molecule has 0 bridgehead atoms. The highest BCUT2D eigenvalue weighted by atomic mass is 19.1. The fourth-order valence-corrected chi connectivity index (χ4v) is 3.01. The Morgan fingerprint density at radius 3 is 2.69 bits per heavy atom. The molecule has 8 nitrogen and oxygen atoms in total. The van der Waals surface area contributed by atoms with Gasteiger partial charge in [0, 0.05) is 18.2 Å². The highest BCUT2D eigenvalue weighted by molar-refractivity contribution is 5.92. The van der Waals surface area contributed by atoms with E-state index in [1.807, 2.05) is 0 Å². The molecule has 0 saturated carbocycles. The van der Waals surface area contributed by atoms with E-state index in [0.717, 1.165) is 10.6 Å². The summed E-state index contributed by atoms with van der Waals surface area (Å²) in [4.78, 5) is 29.8. The monoisotopic (exact) mass is 398 g/mol. The molecule has 29 heavy (non-hydrogen) atoms. The van der Waals surface area contributed by atoms with Gasteiger partial charge in [-0.1, -0.05) is 5.92 Å². The molecule has 0 aliphatic rings. The molecule has 9 heteroatoms. The first kappa shape index (κ1) is 20.3. The van der Waals surface area contributed by atoms with Crippen LogP contribution in [-0.2, 0) is 13.6 Å². The normalized spacial score (nSPS) is 12.0. The van der Waals surface area contributed by atoms with Crippen LogP contribution in [0.25, 0.3) is 11.0 Å². The zero-order chi connectivity index (χ0) is 21.3. The van der Waals surface area contributed by atoms with Gasteiger partial charge < -0.3 is 15.5 Å². The summed E-state index contributed by atoms with van der Waals surface area (Å²) in [6, 6.07) is 4.10. The Labute approximate surface area is 164 Å². The van der Waals surface area contributed by atoms with E-state index < -0.39 is 29.6 Å². The number of benzene rings is 1. The van der Waals surface area contributed by atoms with Gasteiger partial charge in [0.1, 0.15) is 11.2 Å². The van der Waals surface area contributed by atoms with Crippen LogP contribution in [0.1, 0.15) is 11.1 Å². The van der Waals surface area contributed by atoms with E-state index in [2.05, 4.69) is 16.2 Å². The molecule has 0 spiro atoms. The van der Waals surface area contributed by atoms with Crippen LogP contribution >= 0.6 is 0 Å². The van der Waals surface area contributed by atoms with Crippen molar-refractivity contribution < 1.29 is 14.6 Å². The van der Waals surface area contributed by atoms with Gasteiger partial charge in [-0.05, 0) is 25.1 Å². The van der Waals surface area contributed by atoms with E-state index >= 15 is 0 Å². The van der Waals surface area contributed by atoms with E-state index in [4.69, 9.17) is 11.5 Å². The van der Waals surface area contributed by atoms with Gasteiger partial charge in [-0.3, -0.25) is 18.7 Å². The molecular formula is C20H19FN4O4. The number of fused-ring (bicyclic) bond motifs is 1. The number of halogens is 1. The predicted octanol–water partition coefficient (Wildman–Crippen LogP) is 0.621. The first-order chi connectivity index (χ1) is 13.8. The Morgan fingerprint density at radius 2 is 2.07 bits per heavy atom. The van der Waals surface area contributed by atoms with E-state index in [1.165, 1.54) is 37.0 Å². The number of nitrogens with one attached hydrogen (secondary N) is 1. The van der Waals surface area contributed by atoms with Crippen LogP contribution in [0.2, 0.25) is 0 Å². The minimum Gasteiger partial charge on any atom is -0.394 e. The summed E-state index contributed by atoms with van der Waals surface area (Å²) in [7, 11) is 1.48. The predicted molar refractivity (Wildman–Crippen MR) is 107 cm³/mol. The molecular weight excluding hydrogens is 379 g/mol. The summed E-state index contributed by atoms with van der Waals surface area (Å²) in [5.74, 6) is 1.68. The number of aliphatic hydroxyl groups is 2. The molecule has 0 amide bonds. The van der Waals surface area contributed by atoms with Crippen molar-refractivity contribution in [1.29, 1.82) is 0 Å². The van der Waals surface area contributed by atoms with Crippen molar-refractivity contribution in [2.45, 2.75) is 19.6 Å². The number of anilines is 2. The van der Waals surface area contributed by atoms with Gasteiger partial charge in [0.2, 0.25) is 0 Å². The largest absolute Gasteiger partial charge is 0.394 e. The van der Waals surface area contributed by atoms with E-state index in [1.54, 1.807) is 0 Å². The molecule has 0 aliphatic heterocycles. The lowest BCUT2D eigenvalue weighted by atomic mass is 10.1. The number of hydrogen-bond acceptors (Lipinski definition) is 6. The lowest BCUT2D eigenvalue weighted by Gasteiger charge is -2.17. The van der Waals surface area contributed by atoms with Crippen LogP contribution < -0.4 is 16.4 Å². The van der Waals surface area contributed by atoms with E-state index in [9.17, 15) is 19.1 Å². The van der Waals surface area contributed by atoms with Gasteiger partial charge in [0.25, 0.3) is 11.1 Å². The standard InChI is InChI=1S/C20H19FN4O4/c1-4-12-5-6-15(14(21)7-12)23-17-11(2)19(28)24(3)18-16(17)20(29)25(10-22-18)8-13(27)9-26/h1,5-7,10,13,23,26-27H,8-9H2,2-3H3/t13-/m0/s1. The maximum absolute atomic E-state index is 14.4. The Kier molecular flexibility index (Phi) is 5.50. The first-order valence-corrected chi connectivity index (χ1v) is 8.69. The molecule has 3 N–H and O–H groups in total. The van der Waals surface area contributed by atoms with Crippen LogP contribution in [0, 0.1) is 25.1 Å². The summed E-state index contributed by atoms with van der Waals surface area (Å²) >= 11 is 0. The smallest absolute Gasteiger partial charge is 0.264 e. The Hall–Kier alpha value is -3.48. The third kappa shape index (κ3) is 3.63. The van der Waals surface area contributed by atoms with Crippen LogP contribution in [0.3, 0.4) is 0 Å². The van der Waals surface area contributed by atoms with E-state index in [-0.39, 0.29) is 34.5 Å². The Bertz CT molecular complexity index is 1260. The van der Waals surface area contributed by atoms with Crippen molar-refractivity contribution >= 4 is 22.4 Å². The van der Waals surface area contributed by atoms with Crippen molar-refractivity contribution in [3.63, 3.8) is 0 Å². The number of pyridine rings is 1. The summed E-state index contributed by atoms with van der Waals surface area (Å²) in [5.41, 5.74) is -0.165. The number of aryl methyl sites for hydroxylation is 1. The van der Waals surface area contributed by atoms with Crippen LogP contribution in [0.4, 0.5) is 15.8 Å². The summed E-state index contributed by atoms with van der Waals surface area (Å²) in [6.07, 6.45) is 5.30. The molecule has 2 aromatic heterocycles. The molecule has 1 aromatic carbocycles. The van der Waals surface area contributed by atoms with Gasteiger partial charge >= 0.3 is 0 Å². The zero-order valence-electron chi connectivity index (χ0n) is 15.8. The Morgan fingerprint density at radius 1 is 1.34 bits per heavy atom. The third-order valence-corrected chi connectivity index (χ3v) is 4.60. The molecule has 0 radical (unpaired) electrons. The van der Waals surface area contributed by atoms with E-state index in [0.29, 0.717) is 5.56 Å². The lowest BCUT2D eigenvalue weighted by Crippen LogP contribution is -2.32. The van der Waals surface area contributed by atoms with Crippen LogP contribution in [0.5, 0.6) is 0 Å². The molecule has 150 valence electrons.